The number of amides is 1. The van der Waals surface area contributed by atoms with Gasteiger partial charge in [-0.15, -0.1) is 0 Å². The quantitative estimate of drug-likeness (QED) is 0.824. The minimum atomic E-state index is -0.148. The smallest absolute Gasteiger partial charge is 0.225 e. The van der Waals surface area contributed by atoms with Gasteiger partial charge in [-0.3, -0.25) is 4.79 Å². The van der Waals surface area contributed by atoms with E-state index in [9.17, 15) is 4.79 Å². The van der Waals surface area contributed by atoms with E-state index in [1.54, 1.807) is 24.3 Å². The third-order valence-corrected chi connectivity index (χ3v) is 2.94. The summed E-state index contributed by atoms with van der Waals surface area (Å²) in [5, 5.41) is 7.18. The van der Waals surface area contributed by atoms with E-state index in [-0.39, 0.29) is 5.91 Å². The predicted octanol–water partition coefficient (Wildman–Crippen LogP) is 3.78. The van der Waals surface area contributed by atoms with Crippen molar-refractivity contribution in [3.8, 4) is 5.75 Å². The first-order valence-corrected chi connectivity index (χ1v) is 6.69. The molecule has 1 heterocycles. The van der Waals surface area contributed by atoms with Crippen molar-refractivity contribution in [3.63, 3.8) is 0 Å². The van der Waals surface area contributed by atoms with Crippen molar-refractivity contribution in [1.82, 2.24) is 5.16 Å². The van der Waals surface area contributed by atoms with Crippen LogP contribution in [0.15, 0.2) is 35.1 Å². The van der Waals surface area contributed by atoms with Gasteiger partial charge in [0, 0.05) is 17.5 Å². The van der Waals surface area contributed by atoms with Gasteiger partial charge >= 0.3 is 0 Å². The lowest BCUT2D eigenvalue weighted by Crippen LogP contribution is -2.13. The second kappa shape index (κ2) is 7.17. The molecule has 20 heavy (non-hydrogen) atoms. The van der Waals surface area contributed by atoms with E-state index in [4.69, 9.17) is 27.9 Å². The normalized spacial score (nSPS) is 10.3. The fourth-order valence-electron chi connectivity index (χ4n) is 1.49. The van der Waals surface area contributed by atoms with Gasteiger partial charge in [0.05, 0.1) is 11.6 Å². The lowest BCUT2D eigenvalue weighted by atomic mass is 10.3. The van der Waals surface area contributed by atoms with Crippen molar-refractivity contribution in [2.75, 3.05) is 11.9 Å². The zero-order chi connectivity index (χ0) is 14.4. The van der Waals surface area contributed by atoms with Gasteiger partial charge in [-0.05, 0) is 24.6 Å². The molecule has 2 aromatic rings. The fourth-order valence-corrected chi connectivity index (χ4v) is 1.95. The molecule has 0 unspecified atom stereocenters. The van der Waals surface area contributed by atoms with Crippen LogP contribution in [0.2, 0.25) is 10.0 Å². The van der Waals surface area contributed by atoms with Crippen LogP contribution in [0.3, 0.4) is 0 Å². The minimum absolute atomic E-state index is 0.148. The van der Waals surface area contributed by atoms with Crippen LogP contribution in [0.4, 0.5) is 5.82 Å². The highest BCUT2D eigenvalue weighted by Gasteiger charge is 2.06. The number of halogens is 2. The summed E-state index contributed by atoms with van der Waals surface area (Å²) in [7, 11) is 0. The lowest BCUT2D eigenvalue weighted by Gasteiger charge is -2.07. The topological polar surface area (TPSA) is 64.4 Å². The molecule has 0 atom stereocenters. The molecule has 0 bridgehead atoms. The van der Waals surface area contributed by atoms with Crippen LogP contribution in [0, 0.1) is 0 Å². The number of rotatable bonds is 6. The van der Waals surface area contributed by atoms with E-state index in [0.717, 1.165) is 0 Å². The maximum absolute atomic E-state index is 11.5. The van der Waals surface area contributed by atoms with E-state index in [0.29, 0.717) is 41.1 Å². The Hall–Kier alpha value is -1.72. The van der Waals surface area contributed by atoms with Crippen LogP contribution in [0.1, 0.15) is 12.8 Å². The van der Waals surface area contributed by atoms with Crippen LogP contribution < -0.4 is 10.1 Å². The SMILES string of the molecule is O=C(CCCOc1ccc(Cl)cc1Cl)Nc1ccon1. The van der Waals surface area contributed by atoms with E-state index >= 15 is 0 Å². The molecule has 0 fully saturated rings. The van der Waals surface area contributed by atoms with Crippen molar-refractivity contribution < 1.29 is 14.1 Å². The number of nitrogens with one attached hydrogen (secondary N) is 1. The standard InChI is InChI=1S/C13H12Cl2N2O3/c14-9-3-4-11(10(15)8-9)19-6-1-2-13(18)16-12-5-7-20-17-12/h3-5,7-8H,1-2,6H2,(H,16,17,18). The molecule has 1 aromatic heterocycles. The minimum Gasteiger partial charge on any atom is -0.492 e. The van der Waals surface area contributed by atoms with Crippen molar-refractivity contribution in [2.45, 2.75) is 12.8 Å². The first-order valence-electron chi connectivity index (χ1n) is 5.93. The number of benzene rings is 1. The van der Waals surface area contributed by atoms with E-state index in [1.165, 1.54) is 6.26 Å². The van der Waals surface area contributed by atoms with Gasteiger partial charge in [0.1, 0.15) is 12.0 Å². The van der Waals surface area contributed by atoms with Gasteiger partial charge in [-0.25, -0.2) is 0 Å². The average molecular weight is 315 g/mol. The summed E-state index contributed by atoms with van der Waals surface area (Å²) >= 11 is 11.7. The van der Waals surface area contributed by atoms with Crippen molar-refractivity contribution in [2.24, 2.45) is 0 Å². The number of aromatic nitrogens is 1. The Morgan fingerprint density at radius 3 is 2.90 bits per heavy atom. The largest absolute Gasteiger partial charge is 0.492 e. The van der Waals surface area contributed by atoms with Crippen LogP contribution in [-0.2, 0) is 4.79 Å². The van der Waals surface area contributed by atoms with Gasteiger partial charge in [0.25, 0.3) is 0 Å². The molecule has 5 nitrogen and oxygen atoms in total. The number of nitrogens with zero attached hydrogens (tertiary/aromatic N) is 1. The van der Waals surface area contributed by atoms with Crippen LogP contribution >= 0.6 is 23.2 Å². The Kier molecular flexibility index (Phi) is 5.26. The van der Waals surface area contributed by atoms with E-state index < -0.39 is 0 Å². The number of hydrogen-bond donors (Lipinski definition) is 1. The van der Waals surface area contributed by atoms with Crippen molar-refractivity contribution in [1.29, 1.82) is 0 Å². The molecule has 0 spiro atoms. The molecule has 0 saturated carbocycles. The zero-order valence-electron chi connectivity index (χ0n) is 10.4. The third kappa shape index (κ3) is 4.43. The molecule has 1 N–H and O–H groups in total. The van der Waals surface area contributed by atoms with Crippen LogP contribution in [-0.4, -0.2) is 17.7 Å². The zero-order valence-corrected chi connectivity index (χ0v) is 11.9. The van der Waals surface area contributed by atoms with E-state index in [1.807, 2.05) is 0 Å². The van der Waals surface area contributed by atoms with Gasteiger partial charge in [0.15, 0.2) is 5.82 Å². The summed E-state index contributed by atoms with van der Waals surface area (Å²) in [5.41, 5.74) is 0. The van der Waals surface area contributed by atoms with Crippen LogP contribution in [0.25, 0.3) is 0 Å². The van der Waals surface area contributed by atoms with Crippen molar-refractivity contribution in [3.05, 3.63) is 40.6 Å². The number of anilines is 1. The molecule has 7 heteroatoms. The molecule has 0 aliphatic rings. The first-order chi connectivity index (χ1) is 9.65. The van der Waals surface area contributed by atoms with Gasteiger partial charge in [-0.2, -0.15) is 0 Å². The third-order valence-electron chi connectivity index (χ3n) is 2.40. The Morgan fingerprint density at radius 2 is 2.20 bits per heavy atom. The number of carbonyl (C=O) groups is 1. The maximum atomic E-state index is 11.5. The fraction of sp³-hybridized carbons (Fsp3) is 0.231. The van der Waals surface area contributed by atoms with Crippen molar-refractivity contribution >= 4 is 34.9 Å². The second-order valence-electron chi connectivity index (χ2n) is 3.96. The van der Waals surface area contributed by atoms with Gasteiger partial charge < -0.3 is 14.6 Å². The summed E-state index contributed by atoms with van der Waals surface area (Å²) in [6, 6.07) is 6.57. The molecule has 0 saturated heterocycles. The highest BCUT2D eigenvalue weighted by molar-refractivity contribution is 6.35. The molecule has 0 radical (unpaired) electrons. The molecular formula is C13H12Cl2N2O3. The number of carbonyl (C=O) groups excluding carboxylic acids is 1. The predicted molar refractivity (Wildman–Crippen MR) is 76.3 cm³/mol. The highest BCUT2D eigenvalue weighted by atomic mass is 35.5. The summed E-state index contributed by atoms with van der Waals surface area (Å²) in [4.78, 5) is 11.5. The van der Waals surface area contributed by atoms with Crippen LogP contribution in [0.5, 0.6) is 5.75 Å². The maximum Gasteiger partial charge on any atom is 0.225 e. The molecule has 106 valence electrons. The summed E-state index contributed by atoms with van der Waals surface area (Å²) in [6.45, 7) is 0.383. The molecule has 1 aromatic carbocycles. The highest BCUT2D eigenvalue weighted by Crippen LogP contribution is 2.27. The summed E-state index contributed by atoms with van der Waals surface area (Å²) in [5.74, 6) is 0.800. The molecule has 2 rings (SSSR count). The first kappa shape index (κ1) is 14.7. The molecular weight excluding hydrogens is 303 g/mol. The van der Waals surface area contributed by atoms with Gasteiger partial charge in [-0.1, -0.05) is 28.4 Å². The number of hydrogen-bond acceptors (Lipinski definition) is 4. The Balaban J connectivity index is 1.69. The summed E-state index contributed by atoms with van der Waals surface area (Å²) in [6.07, 6.45) is 2.27. The monoisotopic (exact) mass is 314 g/mol. The Bertz CT molecular complexity index is 573. The van der Waals surface area contributed by atoms with E-state index in [2.05, 4.69) is 15.0 Å². The second-order valence-corrected chi connectivity index (χ2v) is 4.80. The lowest BCUT2D eigenvalue weighted by molar-refractivity contribution is -0.116. The molecule has 1 amide bonds. The molecule has 0 aliphatic heterocycles. The Morgan fingerprint density at radius 1 is 1.35 bits per heavy atom. The average Bonchev–Trinajstić information content (AvgIpc) is 2.89. The molecule has 0 aliphatic carbocycles. The Labute approximate surface area is 125 Å². The summed E-state index contributed by atoms with van der Waals surface area (Å²) < 4.78 is 10.1. The van der Waals surface area contributed by atoms with Gasteiger partial charge in [0.2, 0.25) is 5.91 Å². The number of ether oxygens (including phenoxy) is 1.